The van der Waals surface area contributed by atoms with Crippen molar-refractivity contribution in [3.63, 3.8) is 0 Å². The number of aliphatic hydroxyl groups excluding tert-OH is 1. The Bertz CT molecular complexity index is 419. The molecule has 1 saturated heterocycles. The fourth-order valence-electron chi connectivity index (χ4n) is 2.08. The molecule has 0 saturated carbocycles. The van der Waals surface area contributed by atoms with Gasteiger partial charge in [-0.15, -0.1) is 11.3 Å². The van der Waals surface area contributed by atoms with Crippen molar-refractivity contribution in [3.05, 3.63) is 11.1 Å². The van der Waals surface area contributed by atoms with Crippen molar-refractivity contribution >= 4 is 22.4 Å². The smallest absolute Gasteiger partial charge is 0.231 e. The van der Waals surface area contributed by atoms with Gasteiger partial charge in [0.2, 0.25) is 5.91 Å². The Balaban J connectivity index is 1.98. The summed E-state index contributed by atoms with van der Waals surface area (Å²) in [5, 5.41) is 14.5. The second-order valence-corrected chi connectivity index (χ2v) is 5.31. The molecule has 0 spiro atoms. The first-order valence-corrected chi connectivity index (χ1v) is 7.05. The lowest BCUT2D eigenvalue weighted by Crippen LogP contribution is -2.29. The minimum Gasteiger partial charge on any atom is -0.387 e. The van der Waals surface area contributed by atoms with Crippen molar-refractivity contribution in [3.8, 4) is 0 Å². The molecule has 0 radical (unpaired) electrons. The number of thiazole rings is 1. The fourth-order valence-corrected chi connectivity index (χ4v) is 2.88. The molecule has 2 heterocycles. The highest BCUT2D eigenvalue weighted by atomic mass is 32.1. The summed E-state index contributed by atoms with van der Waals surface area (Å²) >= 11 is 1.33. The van der Waals surface area contributed by atoms with Crippen LogP contribution in [0.25, 0.3) is 0 Å². The van der Waals surface area contributed by atoms with E-state index >= 15 is 0 Å². The van der Waals surface area contributed by atoms with Crippen LogP contribution < -0.4 is 5.32 Å². The number of rotatable bonds is 4. The highest BCUT2D eigenvalue weighted by Gasteiger charge is 2.33. The fraction of sp³-hybridized carbons (Fsp3) is 0.667. The molecule has 0 aliphatic carbocycles. The van der Waals surface area contributed by atoms with Crippen LogP contribution in [0, 0.1) is 5.92 Å². The number of aliphatic hydroxyl groups is 1. The van der Waals surface area contributed by atoms with Crippen LogP contribution in [0.2, 0.25) is 0 Å². The van der Waals surface area contributed by atoms with Crippen molar-refractivity contribution in [1.29, 1.82) is 0 Å². The topological polar surface area (TPSA) is 71.5 Å². The molecule has 1 amide bonds. The Morgan fingerprint density at radius 2 is 2.56 bits per heavy atom. The number of hydrogen-bond donors (Lipinski definition) is 2. The van der Waals surface area contributed by atoms with Gasteiger partial charge >= 0.3 is 0 Å². The molecule has 0 aromatic carbocycles. The number of carbonyl (C=O) groups is 1. The molecule has 1 aliphatic rings. The summed E-state index contributed by atoms with van der Waals surface area (Å²) in [4.78, 5) is 16.2. The molecule has 1 aromatic heterocycles. The van der Waals surface area contributed by atoms with Gasteiger partial charge in [0.1, 0.15) is 0 Å². The predicted octanol–water partition coefficient (Wildman–Crippen LogP) is 1.95. The Morgan fingerprint density at radius 3 is 3.17 bits per heavy atom. The van der Waals surface area contributed by atoms with Crippen LogP contribution in [0.5, 0.6) is 0 Å². The van der Waals surface area contributed by atoms with Crippen LogP contribution in [-0.4, -0.2) is 28.7 Å². The number of nitrogens with one attached hydrogen (secondary N) is 1. The highest BCUT2D eigenvalue weighted by Crippen LogP contribution is 2.26. The number of ether oxygens (including phenoxy) is 1. The molecule has 6 heteroatoms. The summed E-state index contributed by atoms with van der Waals surface area (Å²) < 4.78 is 5.50. The molecule has 100 valence electrons. The van der Waals surface area contributed by atoms with Gasteiger partial charge in [0, 0.05) is 12.0 Å². The average molecular weight is 270 g/mol. The lowest BCUT2D eigenvalue weighted by atomic mass is 9.99. The van der Waals surface area contributed by atoms with Gasteiger partial charge < -0.3 is 15.2 Å². The van der Waals surface area contributed by atoms with Crippen LogP contribution >= 0.6 is 11.3 Å². The van der Waals surface area contributed by atoms with Gasteiger partial charge in [-0.1, -0.05) is 6.92 Å². The molecule has 1 aromatic rings. The van der Waals surface area contributed by atoms with Crippen molar-refractivity contribution < 1.29 is 14.6 Å². The number of aromatic nitrogens is 1. The van der Waals surface area contributed by atoms with Crippen LogP contribution in [-0.2, 0) is 9.53 Å². The molecule has 2 N–H and O–H groups in total. The van der Waals surface area contributed by atoms with Crippen LogP contribution in [0.3, 0.4) is 0 Å². The predicted molar refractivity (Wildman–Crippen MR) is 69.5 cm³/mol. The third-order valence-corrected chi connectivity index (χ3v) is 3.90. The summed E-state index contributed by atoms with van der Waals surface area (Å²) in [6.07, 6.45) is 1.01. The van der Waals surface area contributed by atoms with E-state index in [1.165, 1.54) is 11.3 Å². The van der Waals surface area contributed by atoms with Gasteiger partial charge in [0.15, 0.2) is 5.13 Å². The first kappa shape index (κ1) is 13.5. The van der Waals surface area contributed by atoms with Crippen LogP contribution in [0.15, 0.2) is 5.38 Å². The number of carbonyl (C=O) groups excluding carboxylic acids is 1. The highest BCUT2D eigenvalue weighted by molar-refractivity contribution is 7.13. The Morgan fingerprint density at radius 1 is 1.78 bits per heavy atom. The molecular formula is C12H18N2O3S. The van der Waals surface area contributed by atoms with Crippen LogP contribution in [0.4, 0.5) is 5.13 Å². The Hall–Kier alpha value is -0.980. The minimum atomic E-state index is -0.606. The molecular weight excluding hydrogens is 252 g/mol. The van der Waals surface area contributed by atoms with E-state index < -0.39 is 6.10 Å². The minimum absolute atomic E-state index is 0.0150. The van der Waals surface area contributed by atoms with E-state index in [1.54, 1.807) is 12.3 Å². The van der Waals surface area contributed by atoms with E-state index in [0.717, 1.165) is 12.8 Å². The van der Waals surface area contributed by atoms with Crippen molar-refractivity contribution in [2.24, 2.45) is 5.92 Å². The lowest BCUT2D eigenvalue weighted by molar-refractivity contribution is -0.121. The van der Waals surface area contributed by atoms with Crippen molar-refractivity contribution in [1.82, 2.24) is 4.98 Å². The molecule has 2 rings (SSSR count). The standard InChI is InChI=1S/C12H18N2O3S/c1-3-10-8(4-5-17-10)11(16)14-12-13-9(6-18-12)7(2)15/h6-8,10,15H,3-5H2,1-2H3,(H,13,14,16). The summed E-state index contributed by atoms with van der Waals surface area (Å²) in [6, 6.07) is 0. The summed E-state index contributed by atoms with van der Waals surface area (Å²) in [7, 11) is 0. The van der Waals surface area contributed by atoms with Gasteiger partial charge in [0.25, 0.3) is 0 Å². The Labute approximate surface area is 110 Å². The van der Waals surface area contributed by atoms with Gasteiger partial charge in [0.05, 0.1) is 23.8 Å². The first-order chi connectivity index (χ1) is 8.61. The second-order valence-electron chi connectivity index (χ2n) is 4.46. The number of anilines is 1. The van der Waals surface area contributed by atoms with E-state index in [-0.39, 0.29) is 17.9 Å². The number of nitrogens with zero attached hydrogens (tertiary/aromatic N) is 1. The molecule has 1 aliphatic heterocycles. The monoisotopic (exact) mass is 270 g/mol. The average Bonchev–Trinajstić information content (AvgIpc) is 2.96. The quantitative estimate of drug-likeness (QED) is 0.877. The van der Waals surface area contributed by atoms with Gasteiger partial charge in [-0.25, -0.2) is 4.98 Å². The van der Waals surface area contributed by atoms with Crippen molar-refractivity contribution in [2.75, 3.05) is 11.9 Å². The maximum Gasteiger partial charge on any atom is 0.231 e. The van der Waals surface area contributed by atoms with E-state index in [2.05, 4.69) is 10.3 Å². The third-order valence-electron chi connectivity index (χ3n) is 3.13. The van der Waals surface area contributed by atoms with Gasteiger partial charge in [-0.2, -0.15) is 0 Å². The molecule has 1 fully saturated rings. The number of hydrogen-bond acceptors (Lipinski definition) is 5. The Kier molecular flexibility index (Phi) is 4.31. The lowest BCUT2D eigenvalue weighted by Gasteiger charge is -2.15. The zero-order chi connectivity index (χ0) is 13.1. The van der Waals surface area contributed by atoms with E-state index in [9.17, 15) is 9.90 Å². The SMILES string of the molecule is CCC1OCCC1C(=O)Nc1nc(C(C)O)cs1. The molecule has 3 atom stereocenters. The van der Waals surface area contributed by atoms with Crippen LogP contribution in [0.1, 0.15) is 38.5 Å². The van der Waals surface area contributed by atoms with Gasteiger partial charge in [-0.05, 0) is 19.8 Å². The summed E-state index contributed by atoms with van der Waals surface area (Å²) in [5.74, 6) is -0.125. The van der Waals surface area contributed by atoms with E-state index in [1.807, 2.05) is 6.92 Å². The molecule has 5 nitrogen and oxygen atoms in total. The van der Waals surface area contributed by atoms with E-state index in [0.29, 0.717) is 17.4 Å². The third kappa shape index (κ3) is 2.88. The second kappa shape index (κ2) is 5.77. The molecule has 18 heavy (non-hydrogen) atoms. The maximum atomic E-state index is 12.1. The zero-order valence-corrected chi connectivity index (χ0v) is 11.4. The van der Waals surface area contributed by atoms with E-state index in [4.69, 9.17) is 4.74 Å². The maximum absolute atomic E-state index is 12.1. The van der Waals surface area contributed by atoms with Crippen molar-refractivity contribution in [2.45, 2.75) is 38.9 Å². The summed E-state index contributed by atoms with van der Waals surface area (Å²) in [5.41, 5.74) is 0.588. The number of amides is 1. The zero-order valence-electron chi connectivity index (χ0n) is 10.5. The largest absolute Gasteiger partial charge is 0.387 e. The molecule has 0 bridgehead atoms. The molecule has 3 unspecified atom stereocenters. The summed E-state index contributed by atoms with van der Waals surface area (Å²) in [6.45, 7) is 4.32. The van der Waals surface area contributed by atoms with Gasteiger partial charge in [-0.3, -0.25) is 4.79 Å². The normalized spacial score (nSPS) is 25.1. The first-order valence-electron chi connectivity index (χ1n) is 6.17.